The van der Waals surface area contributed by atoms with Crippen molar-refractivity contribution in [3.63, 3.8) is 0 Å². The van der Waals surface area contributed by atoms with Crippen LogP contribution in [0.2, 0.25) is 0 Å². The molecular formula is C22H22N4O7. The van der Waals surface area contributed by atoms with Crippen molar-refractivity contribution in [2.24, 2.45) is 0 Å². The molecule has 0 unspecified atom stereocenters. The van der Waals surface area contributed by atoms with Gasteiger partial charge in [0.2, 0.25) is 5.43 Å². The summed E-state index contributed by atoms with van der Waals surface area (Å²) in [5.41, 5.74) is -0.443. The maximum atomic E-state index is 12.9. The molecule has 172 valence electrons. The van der Waals surface area contributed by atoms with Crippen LogP contribution in [-0.4, -0.2) is 48.0 Å². The van der Waals surface area contributed by atoms with Gasteiger partial charge in [0.25, 0.3) is 11.6 Å². The van der Waals surface area contributed by atoms with Gasteiger partial charge in [-0.25, -0.2) is 4.68 Å². The lowest BCUT2D eigenvalue weighted by molar-refractivity contribution is -0.384. The molecule has 0 aliphatic heterocycles. The molecular weight excluding hydrogens is 432 g/mol. The number of nitro benzene ring substituents is 1. The van der Waals surface area contributed by atoms with Crippen molar-refractivity contribution in [1.29, 1.82) is 0 Å². The highest BCUT2D eigenvalue weighted by molar-refractivity contribution is 6.02. The number of hydrogen-bond acceptors (Lipinski definition) is 8. The van der Waals surface area contributed by atoms with E-state index >= 15 is 0 Å². The highest BCUT2D eigenvalue weighted by Gasteiger charge is 2.20. The topological polar surface area (TPSA) is 135 Å². The lowest BCUT2D eigenvalue weighted by atomic mass is 10.2. The third kappa shape index (κ3) is 5.33. The summed E-state index contributed by atoms with van der Waals surface area (Å²) < 4.78 is 17.0. The molecule has 1 aromatic heterocycles. The van der Waals surface area contributed by atoms with Crippen molar-refractivity contribution in [2.45, 2.75) is 6.92 Å². The largest absolute Gasteiger partial charge is 0.493 e. The standard InChI is InChI=1S/C22H22N4O7/c1-14-12-18(27)21(24-25(14)16-6-4-5-7-17(16)26(29)30)22(28)23-15-8-9-19(32-3)20(13-15)33-11-10-31-2/h4-9,12-13H,10-11H2,1-3H3,(H,23,28). The minimum Gasteiger partial charge on any atom is -0.493 e. The molecule has 0 saturated carbocycles. The van der Waals surface area contributed by atoms with E-state index in [-0.39, 0.29) is 18.0 Å². The first-order valence-corrected chi connectivity index (χ1v) is 9.81. The molecule has 2 aromatic carbocycles. The zero-order valence-electron chi connectivity index (χ0n) is 18.2. The first kappa shape index (κ1) is 23.4. The Kier molecular flexibility index (Phi) is 7.36. The summed E-state index contributed by atoms with van der Waals surface area (Å²) in [6, 6.07) is 11.8. The van der Waals surface area contributed by atoms with Crippen LogP contribution in [0, 0.1) is 17.0 Å². The van der Waals surface area contributed by atoms with E-state index in [1.165, 1.54) is 36.1 Å². The Hall–Kier alpha value is -4.25. The van der Waals surface area contributed by atoms with Crippen molar-refractivity contribution < 1.29 is 23.9 Å². The van der Waals surface area contributed by atoms with Gasteiger partial charge in [0.05, 0.1) is 18.6 Å². The van der Waals surface area contributed by atoms with Crippen LogP contribution < -0.4 is 20.2 Å². The smallest absolute Gasteiger partial charge is 0.294 e. The fourth-order valence-corrected chi connectivity index (χ4v) is 3.04. The average Bonchev–Trinajstić information content (AvgIpc) is 2.79. The lowest BCUT2D eigenvalue weighted by Crippen LogP contribution is -2.27. The molecule has 0 radical (unpaired) electrons. The Morgan fingerprint density at radius 3 is 2.58 bits per heavy atom. The molecule has 0 atom stereocenters. The number of nitro groups is 1. The number of para-hydroxylation sites is 2. The van der Waals surface area contributed by atoms with E-state index in [0.29, 0.717) is 29.5 Å². The molecule has 11 heteroatoms. The van der Waals surface area contributed by atoms with E-state index in [0.717, 1.165) is 0 Å². The van der Waals surface area contributed by atoms with Crippen LogP contribution in [0.3, 0.4) is 0 Å². The molecule has 0 fully saturated rings. The number of carbonyl (C=O) groups is 1. The third-order valence-electron chi connectivity index (χ3n) is 4.60. The normalized spacial score (nSPS) is 10.5. The number of hydrogen-bond donors (Lipinski definition) is 1. The molecule has 3 aromatic rings. The lowest BCUT2D eigenvalue weighted by Gasteiger charge is -2.13. The predicted molar refractivity (Wildman–Crippen MR) is 120 cm³/mol. The molecule has 1 amide bonds. The second-order valence-electron chi connectivity index (χ2n) is 6.82. The van der Waals surface area contributed by atoms with Gasteiger partial charge in [-0.05, 0) is 25.1 Å². The highest BCUT2D eigenvalue weighted by atomic mass is 16.6. The van der Waals surface area contributed by atoms with Gasteiger partial charge >= 0.3 is 0 Å². The Labute approximate surface area is 188 Å². The van der Waals surface area contributed by atoms with Crippen molar-refractivity contribution >= 4 is 17.3 Å². The predicted octanol–water partition coefficient (Wildman–Crippen LogP) is 2.74. The van der Waals surface area contributed by atoms with Crippen LogP contribution in [0.4, 0.5) is 11.4 Å². The van der Waals surface area contributed by atoms with Crippen molar-refractivity contribution in [3.8, 4) is 17.2 Å². The molecule has 0 aliphatic rings. The summed E-state index contributed by atoms with van der Waals surface area (Å²) in [7, 11) is 3.03. The fraction of sp³-hybridized carbons (Fsp3) is 0.227. The van der Waals surface area contributed by atoms with E-state index < -0.39 is 22.0 Å². The molecule has 1 N–H and O–H groups in total. The molecule has 1 heterocycles. The van der Waals surface area contributed by atoms with Gasteiger partial charge in [0.15, 0.2) is 17.2 Å². The quantitative estimate of drug-likeness (QED) is 0.296. The first-order chi connectivity index (χ1) is 15.8. The number of amides is 1. The second-order valence-corrected chi connectivity index (χ2v) is 6.82. The van der Waals surface area contributed by atoms with Crippen molar-refractivity contribution in [3.05, 3.63) is 80.3 Å². The van der Waals surface area contributed by atoms with Crippen LogP contribution in [-0.2, 0) is 4.74 Å². The maximum Gasteiger partial charge on any atom is 0.294 e. The Balaban J connectivity index is 1.94. The van der Waals surface area contributed by atoms with Crippen LogP contribution in [0.5, 0.6) is 11.5 Å². The number of methoxy groups -OCH3 is 2. The summed E-state index contributed by atoms with van der Waals surface area (Å²) in [5, 5.41) is 18.1. The van der Waals surface area contributed by atoms with Gasteiger partial charge in [-0.1, -0.05) is 12.1 Å². The molecule has 3 rings (SSSR count). The molecule has 0 spiro atoms. The number of anilines is 1. The number of nitrogens with zero attached hydrogens (tertiary/aromatic N) is 3. The van der Waals surface area contributed by atoms with Gasteiger partial charge in [0.1, 0.15) is 12.3 Å². The number of benzene rings is 2. The van der Waals surface area contributed by atoms with Crippen molar-refractivity contribution in [2.75, 3.05) is 32.8 Å². The monoisotopic (exact) mass is 454 g/mol. The summed E-state index contributed by atoms with van der Waals surface area (Å²) in [5.74, 6) is 0.0539. The summed E-state index contributed by atoms with van der Waals surface area (Å²) in [4.78, 5) is 36.2. The Morgan fingerprint density at radius 2 is 1.88 bits per heavy atom. The van der Waals surface area contributed by atoms with Crippen molar-refractivity contribution in [1.82, 2.24) is 9.78 Å². The minimum absolute atomic E-state index is 0.132. The van der Waals surface area contributed by atoms with Crippen LogP contribution in [0.1, 0.15) is 16.2 Å². The van der Waals surface area contributed by atoms with Gasteiger partial charge in [-0.15, -0.1) is 0 Å². The maximum absolute atomic E-state index is 12.9. The Bertz CT molecular complexity index is 1240. The van der Waals surface area contributed by atoms with E-state index in [1.54, 1.807) is 38.3 Å². The van der Waals surface area contributed by atoms with E-state index in [1.807, 2.05) is 0 Å². The number of ether oxygens (including phenoxy) is 3. The highest BCUT2D eigenvalue weighted by Crippen LogP contribution is 2.30. The Morgan fingerprint density at radius 1 is 1.12 bits per heavy atom. The zero-order valence-corrected chi connectivity index (χ0v) is 18.2. The fourth-order valence-electron chi connectivity index (χ4n) is 3.04. The SMILES string of the molecule is COCCOc1cc(NC(=O)c2nn(-c3ccccc3[N+](=O)[O-])c(C)cc2=O)ccc1OC. The summed E-state index contributed by atoms with van der Waals surface area (Å²) in [6.07, 6.45) is 0. The van der Waals surface area contributed by atoms with E-state index in [2.05, 4.69) is 10.4 Å². The average molecular weight is 454 g/mol. The zero-order chi connectivity index (χ0) is 24.0. The number of rotatable bonds is 9. The molecule has 0 bridgehead atoms. The van der Waals surface area contributed by atoms with E-state index in [4.69, 9.17) is 14.2 Å². The van der Waals surface area contributed by atoms with E-state index in [9.17, 15) is 19.7 Å². The number of carbonyl (C=O) groups excluding carboxylic acids is 1. The molecule has 33 heavy (non-hydrogen) atoms. The second kappa shape index (κ2) is 10.4. The van der Waals surface area contributed by atoms with Gasteiger partial charge in [-0.2, -0.15) is 5.10 Å². The summed E-state index contributed by atoms with van der Waals surface area (Å²) in [6.45, 7) is 2.20. The molecule has 11 nitrogen and oxygen atoms in total. The third-order valence-corrected chi connectivity index (χ3v) is 4.60. The van der Waals surface area contributed by atoms with Crippen LogP contribution in [0.15, 0.2) is 53.3 Å². The first-order valence-electron chi connectivity index (χ1n) is 9.81. The van der Waals surface area contributed by atoms with Gasteiger partial charge < -0.3 is 19.5 Å². The van der Waals surface area contributed by atoms with Crippen LogP contribution >= 0.6 is 0 Å². The number of nitrogens with one attached hydrogen (secondary N) is 1. The summed E-state index contributed by atoms with van der Waals surface area (Å²) >= 11 is 0. The van der Waals surface area contributed by atoms with Gasteiger partial charge in [-0.3, -0.25) is 19.7 Å². The molecule has 0 saturated heterocycles. The minimum atomic E-state index is -0.777. The molecule has 0 aliphatic carbocycles. The van der Waals surface area contributed by atoms with Crippen LogP contribution in [0.25, 0.3) is 5.69 Å². The number of aryl methyl sites for hydroxylation is 1. The number of aromatic nitrogens is 2. The van der Waals surface area contributed by atoms with Gasteiger partial charge in [0, 0.05) is 36.7 Å².